The molecule has 0 radical (unpaired) electrons. The van der Waals surface area contributed by atoms with Crippen molar-refractivity contribution >= 4 is 17.1 Å². The van der Waals surface area contributed by atoms with E-state index in [1.807, 2.05) is 13.8 Å². The van der Waals surface area contributed by atoms with Crippen LogP contribution in [0.5, 0.6) is 5.88 Å². The summed E-state index contributed by atoms with van der Waals surface area (Å²) in [5.74, 6) is 0.960. The lowest BCUT2D eigenvalue weighted by Crippen LogP contribution is -2.20. The van der Waals surface area contributed by atoms with Crippen LogP contribution in [0.25, 0.3) is 11.2 Å². The van der Waals surface area contributed by atoms with Gasteiger partial charge in [-0.25, -0.2) is 4.98 Å². The fourth-order valence-corrected chi connectivity index (χ4v) is 1.51. The van der Waals surface area contributed by atoms with Gasteiger partial charge in [-0.3, -0.25) is 0 Å². The number of nitrogens with one attached hydrogen (secondary N) is 2. The highest BCUT2D eigenvalue weighted by molar-refractivity contribution is 5.76. The third-order valence-corrected chi connectivity index (χ3v) is 2.35. The van der Waals surface area contributed by atoms with Gasteiger partial charge in [0.15, 0.2) is 5.65 Å². The second-order valence-electron chi connectivity index (χ2n) is 3.79. The molecule has 0 aliphatic carbocycles. The highest BCUT2D eigenvalue weighted by Crippen LogP contribution is 2.21. The molecule has 1 atom stereocenters. The Bertz CT molecular complexity index is 513. The normalized spacial score (nSPS) is 12.6. The zero-order valence-electron chi connectivity index (χ0n) is 10.7. The van der Waals surface area contributed by atoms with Crippen molar-refractivity contribution < 1.29 is 9.47 Å². The van der Waals surface area contributed by atoms with E-state index in [1.165, 1.54) is 0 Å². The van der Waals surface area contributed by atoms with E-state index in [9.17, 15) is 0 Å². The van der Waals surface area contributed by atoms with Crippen LogP contribution in [0.2, 0.25) is 0 Å². The first-order chi connectivity index (χ1) is 8.74. The molecular weight excluding hydrogens is 234 g/mol. The minimum Gasteiger partial charge on any atom is -0.471 e. The van der Waals surface area contributed by atoms with E-state index >= 15 is 0 Å². The lowest BCUT2D eigenvalue weighted by Gasteiger charge is -2.14. The molecule has 2 aromatic heterocycles. The average molecular weight is 251 g/mol. The number of aromatic nitrogens is 4. The van der Waals surface area contributed by atoms with Crippen molar-refractivity contribution in [3.63, 3.8) is 0 Å². The number of rotatable bonds is 6. The SMILES string of the molecule is CCOCC(C)Oc1nc(NC)nc2nc[nH]c12. The van der Waals surface area contributed by atoms with E-state index in [-0.39, 0.29) is 6.10 Å². The topological polar surface area (TPSA) is 84.9 Å². The van der Waals surface area contributed by atoms with Crippen molar-refractivity contribution in [3.8, 4) is 5.88 Å². The van der Waals surface area contributed by atoms with Crippen LogP contribution in [0, 0.1) is 0 Å². The maximum Gasteiger partial charge on any atom is 0.245 e. The molecule has 18 heavy (non-hydrogen) atoms. The standard InChI is InChI=1S/C11H17N5O2/c1-4-17-5-7(2)18-10-8-9(14-6-13-8)15-11(12-3)16-10/h6-7H,4-5H2,1-3H3,(H2,12,13,14,15,16). The molecule has 1 unspecified atom stereocenters. The van der Waals surface area contributed by atoms with Crippen LogP contribution in [0.1, 0.15) is 13.8 Å². The first kappa shape index (κ1) is 12.6. The van der Waals surface area contributed by atoms with E-state index in [0.717, 1.165) is 0 Å². The van der Waals surface area contributed by atoms with E-state index in [0.29, 0.717) is 36.2 Å². The lowest BCUT2D eigenvalue weighted by molar-refractivity contribution is 0.0641. The summed E-state index contributed by atoms with van der Waals surface area (Å²) in [6, 6.07) is 0. The van der Waals surface area contributed by atoms with Crippen molar-refractivity contribution in [3.05, 3.63) is 6.33 Å². The van der Waals surface area contributed by atoms with Gasteiger partial charge in [0.2, 0.25) is 11.8 Å². The third kappa shape index (κ3) is 2.67. The summed E-state index contributed by atoms with van der Waals surface area (Å²) >= 11 is 0. The number of fused-ring (bicyclic) bond motifs is 1. The smallest absolute Gasteiger partial charge is 0.245 e. The summed E-state index contributed by atoms with van der Waals surface area (Å²) in [6.45, 7) is 5.06. The van der Waals surface area contributed by atoms with Crippen molar-refractivity contribution in [2.75, 3.05) is 25.6 Å². The predicted molar refractivity (Wildman–Crippen MR) is 67.8 cm³/mol. The minimum absolute atomic E-state index is 0.0870. The van der Waals surface area contributed by atoms with Gasteiger partial charge in [0, 0.05) is 13.7 Å². The highest BCUT2D eigenvalue weighted by Gasteiger charge is 2.13. The van der Waals surface area contributed by atoms with Gasteiger partial charge in [-0.1, -0.05) is 0 Å². The Labute approximate surface area is 105 Å². The molecule has 0 bridgehead atoms. The van der Waals surface area contributed by atoms with E-state index < -0.39 is 0 Å². The Kier molecular flexibility index (Phi) is 3.93. The van der Waals surface area contributed by atoms with Crippen molar-refractivity contribution in [2.45, 2.75) is 20.0 Å². The average Bonchev–Trinajstić information content (AvgIpc) is 2.84. The molecule has 0 saturated carbocycles. The van der Waals surface area contributed by atoms with E-state index in [4.69, 9.17) is 9.47 Å². The molecule has 2 heterocycles. The molecule has 0 fully saturated rings. The molecular formula is C11H17N5O2. The van der Waals surface area contributed by atoms with E-state index in [1.54, 1.807) is 13.4 Å². The summed E-state index contributed by atoms with van der Waals surface area (Å²) in [5.41, 5.74) is 1.27. The molecule has 7 nitrogen and oxygen atoms in total. The molecule has 0 amide bonds. The van der Waals surface area contributed by atoms with Gasteiger partial charge in [-0.05, 0) is 13.8 Å². The molecule has 2 N–H and O–H groups in total. The Balaban J connectivity index is 2.22. The third-order valence-electron chi connectivity index (χ3n) is 2.35. The van der Waals surface area contributed by atoms with Crippen LogP contribution in [0.4, 0.5) is 5.95 Å². The maximum atomic E-state index is 5.74. The summed E-state index contributed by atoms with van der Waals surface area (Å²) in [7, 11) is 1.75. The molecule has 0 aromatic carbocycles. The van der Waals surface area contributed by atoms with Gasteiger partial charge in [0.25, 0.3) is 0 Å². The summed E-state index contributed by atoms with van der Waals surface area (Å²) < 4.78 is 11.1. The van der Waals surface area contributed by atoms with Crippen LogP contribution in [-0.2, 0) is 4.74 Å². The second-order valence-corrected chi connectivity index (χ2v) is 3.79. The monoisotopic (exact) mass is 251 g/mol. The van der Waals surface area contributed by atoms with Crippen LogP contribution in [-0.4, -0.2) is 46.3 Å². The van der Waals surface area contributed by atoms with Gasteiger partial charge in [-0.15, -0.1) is 0 Å². The Morgan fingerprint density at radius 1 is 1.44 bits per heavy atom. The molecule has 98 valence electrons. The number of H-pyrrole nitrogens is 1. The highest BCUT2D eigenvalue weighted by atomic mass is 16.5. The quantitative estimate of drug-likeness (QED) is 0.802. The van der Waals surface area contributed by atoms with Crippen LogP contribution in [0.3, 0.4) is 0 Å². The second kappa shape index (κ2) is 5.63. The zero-order chi connectivity index (χ0) is 13.0. The number of imidazole rings is 1. The van der Waals surface area contributed by atoms with Gasteiger partial charge in [0.1, 0.15) is 11.6 Å². The zero-order valence-corrected chi connectivity index (χ0v) is 10.7. The van der Waals surface area contributed by atoms with Crippen LogP contribution < -0.4 is 10.1 Å². The molecule has 2 aromatic rings. The van der Waals surface area contributed by atoms with Gasteiger partial charge < -0.3 is 19.8 Å². The van der Waals surface area contributed by atoms with Gasteiger partial charge >= 0.3 is 0 Å². The fraction of sp³-hybridized carbons (Fsp3) is 0.545. The summed E-state index contributed by atoms with van der Waals surface area (Å²) in [6.07, 6.45) is 1.48. The summed E-state index contributed by atoms with van der Waals surface area (Å²) in [4.78, 5) is 15.5. The Hall–Kier alpha value is -1.89. The number of ether oxygens (including phenoxy) is 2. The Morgan fingerprint density at radius 2 is 2.28 bits per heavy atom. The van der Waals surface area contributed by atoms with E-state index in [2.05, 4.69) is 25.3 Å². The largest absolute Gasteiger partial charge is 0.471 e. The van der Waals surface area contributed by atoms with Crippen molar-refractivity contribution in [1.82, 2.24) is 19.9 Å². The first-order valence-corrected chi connectivity index (χ1v) is 5.87. The number of aromatic amines is 1. The fourth-order valence-electron chi connectivity index (χ4n) is 1.51. The number of anilines is 1. The van der Waals surface area contributed by atoms with Crippen LogP contribution >= 0.6 is 0 Å². The predicted octanol–water partition coefficient (Wildman–Crippen LogP) is 1.20. The molecule has 0 aliphatic rings. The molecule has 0 spiro atoms. The molecule has 0 saturated heterocycles. The number of nitrogens with zero attached hydrogens (tertiary/aromatic N) is 3. The molecule has 7 heteroatoms. The number of hydrogen-bond donors (Lipinski definition) is 2. The Morgan fingerprint density at radius 3 is 3.00 bits per heavy atom. The maximum absolute atomic E-state index is 5.74. The minimum atomic E-state index is -0.0870. The lowest BCUT2D eigenvalue weighted by atomic mass is 10.4. The molecule has 0 aliphatic heterocycles. The van der Waals surface area contributed by atoms with Gasteiger partial charge in [-0.2, -0.15) is 9.97 Å². The first-order valence-electron chi connectivity index (χ1n) is 5.87. The number of hydrogen-bond acceptors (Lipinski definition) is 6. The summed E-state index contributed by atoms with van der Waals surface area (Å²) in [5, 5.41) is 2.88. The van der Waals surface area contributed by atoms with Crippen molar-refractivity contribution in [1.29, 1.82) is 0 Å². The van der Waals surface area contributed by atoms with Crippen LogP contribution in [0.15, 0.2) is 6.33 Å². The van der Waals surface area contributed by atoms with Crippen molar-refractivity contribution in [2.24, 2.45) is 0 Å². The van der Waals surface area contributed by atoms with Gasteiger partial charge in [0.05, 0.1) is 12.9 Å². The molecule has 2 rings (SSSR count).